The zero-order chi connectivity index (χ0) is 12.0. The summed E-state index contributed by atoms with van der Waals surface area (Å²) in [5.41, 5.74) is 8.24. The summed E-state index contributed by atoms with van der Waals surface area (Å²) in [4.78, 5) is 11.3. The van der Waals surface area contributed by atoms with Crippen molar-refractivity contribution in [3.8, 4) is 0 Å². The molecule has 0 radical (unpaired) electrons. The Labute approximate surface area is 96.6 Å². The van der Waals surface area contributed by atoms with E-state index in [0.29, 0.717) is 6.61 Å². The molecule has 1 aromatic rings. The molecule has 3 nitrogen and oxygen atoms in total. The van der Waals surface area contributed by atoms with E-state index in [4.69, 9.17) is 10.5 Å². The van der Waals surface area contributed by atoms with Crippen LogP contribution in [0.25, 0.3) is 0 Å². The number of carbonyl (C=O) groups is 1. The number of nitrogens with two attached hydrogens (primary N) is 1. The van der Waals surface area contributed by atoms with Gasteiger partial charge in [0.2, 0.25) is 0 Å². The van der Waals surface area contributed by atoms with Crippen molar-refractivity contribution in [2.75, 3.05) is 6.61 Å². The van der Waals surface area contributed by atoms with E-state index in [-0.39, 0.29) is 18.4 Å². The molecule has 0 aliphatic heterocycles. The van der Waals surface area contributed by atoms with E-state index in [2.05, 4.69) is 6.92 Å². The summed E-state index contributed by atoms with van der Waals surface area (Å²) in [5.74, 6) is -0.235. The fourth-order valence-electron chi connectivity index (χ4n) is 1.73. The molecule has 2 N–H and O–H groups in total. The highest BCUT2D eigenvalue weighted by Crippen LogP contribution is 2.19. The van der Waals surface area contributed by atoms with E-state index in [1.807, 2.05) is 24.3 Å². The first-order valence-electron chi connectivity index (χ1n) is 5.68. The molecule has 0 amide bonds. The first-order chi connectivity index (χ1) is 7.69. The summed E-state index contributed by atoms with van der Waals surface area (Å²) in [6.45, 7) is 4.28. The maximum atomic E-state index is 11.3. The first-order valence-corrected chi connectivity index (χ1v) is 5.68. The van der Waals surface area contributed by atoms with Crippen molar-refractivity contribution in [1.29, 1.82) is 0 Å². The third kappa shape index (κ3) is 3.35. The highest BCUT2D eigenvalue weighted by molar-refractivity contribution is 5.70. The summed E-state index contributed by atoms with van der Waals surface area (Å²) in [6, 6.07) is 7.68. The van der Waals surface area contributed by atoms with Gasteiger partial charge in [0.25, 0.3) is 0 Å². The molecule has 1 rings (SSSR count). The topological polar surface area (TPSA) is 52.3 Å². The van der Waals surface area contributed by atoms with Crippen LogP contribution in [0.15, 0.2) is 24.3 Å². The summed E-state index contributed by atoms with van der Waals surface area (Å²) >= 11 is 0. The first kappa shape index (κ1) is 12.7. The van der Waals surface area contributed by atoms with E-state index < -0.39 is 0 Å². The molecule has 88 valence electrons. The van der Waals surface area contributed by atoms with Gasteiger partial charge in [-0.05, 0) is 24.5 Å². The molecule has 0 saturated heterocycles. The van der Waals surface area contributed by atoms with Gasteiger partial charge >= 0.3 is 5.97 Å². The van der Waals surface area contributed by atoms with Crippen molar-refractivity contribution < 1.29 is 9.53 Å². The fraction of sp³-hybridized carbons (Fsp3) is 0.462. The Bertz CT molecular complexity index is 350. The monoisotopic (exact) mass is 221 g/mol. The van der Waals surface area contributed by atoms with Gasteiger partial charge in [0.05, 0.1) is 13.0 Å². The Morgan fingerprint density at radius 3 is 2.69 bits per heavy atom. The van der Waals surface area contributed by atoms with Crippen LogP contribution in [0.2, 0.25) is 0 Å². The molecule has 1 unspecified atom stereocenters. The molecule has 1 atom stereocenters. The quantitative estimate of drug-likeness (QED) is 0.775. The Morgan fingerprint density at radius 2 is 2.06 bits per heavy atom. The molecule has 0 heterocycles. The molecule has 0 saturated carbocycles. The standard InChI is InChI=1S/C13H19NO2/c1-3-10-7-5-6-8-11(10)12(14)9-13(15)16-4-2/h5-8,12H,3-4,9,14H2,1-2H3. The number of ether oxygens (including phenoxy) is 1. The average molecular weight is 221 g/mol. The van der Waals surface area contributed by atoms with Crippen LogP contribution < -0.4 is 5.73 Å². The zero-order valence-electron chi connectivity index (χ0n) is 9.90. The van der Waals surface area contributed by atoms with Crippen molar-refractivity contribution in [2.45, 2.75) is 32.7 Å². The minimum absolute atomic E-state index is 0.235. The van der Waals surface area contributed by atoms with E-state index in [9.17, 15) is 4.79 Å². The van der Waals surface area contributed by atoms with Gasteiger partial charge < -0.3 is 10.5 Å². The molecular formula is C13H19NO2. The van der Waals surface area contributed by atoms with Crippen LogP contribution in [0.4, 0.5) is 0 Å². The molecule has 0 aliphatic rings. The molecule has 1 aromatic carbocycles. The minimum atomic E-state index is -0.268. The van der Waals surface area contributed by atoms with Crippen LogP contribution in [0.1, 0.15) is 37.4 Å². The fourth-order valence-corrected chi connectivity index (χ4v) is 1.73. The molecule has 0 aromatic heterocycles. The average Bonchev–Trinajstić information content (AvgIpc) is 2.29. The Morgan fingerprint density at radius 1 is 1.38 bits per heavy atom. The molecule has 0 fully saturated rings. The second kappa shape index (κ2) is 6.28. The number of aryl methyl sites for hydroxylation is 1. The Hall–Kier alpha value is -1.35. The number of benzene rings is 1. The highest BCUT2D eigenvalue weighted by atomic mass is 16.5. The van der Waals surface area contributed by atoms with Gasteiger partial charge in [-0.3, -0.25) is 4.79 Å². The van der Waals surface area contributed by atoms with Gasteiger partial charge in [0.1, 0.15) is 0 Å². The van der Waals surface area contributed by atoms with Gasteiger partial charge in [0.15, 0.2) is 0 Å². The number of carbonyl (C=O) groups excluding carboxylic acids is 1. The lowest BCUT2D eigenvalue weighted by atomic mass is 9.97. The van der Waals surface area contributed by atoms with E-state index in [0.717, 1.165) is 12.0 Å². The van der Waals surface area contributed by atoms with Gasteiger partial charge in [-0.1, -0.05) is 31.2 Å². The third-order valence-electron chi connectivity index (χ3n) is 2.53. The number of hydrogen-bond acceptors (Lipinski definition) is 3. The molecule has 0 spiro atoms. The number of rotatable bonds is 5. The molecule has 16 heavy (non-hydrogen) atoms. The second-order valence-corrected chi connectivity index (χ2v) is 3.67. The van der Waals surface area contributed by atoms with E-state index in [1.54, 1.807) is 6.92 Å². The van der Waals surface area contributed by atoms with Crippen LogP contribution in [0.3, 0.4) is 0 Å². The molecule has 3 heteroatoms. The lowest BCUT2D eigenvalue weighted by molar-refractivity contribution is -0.143. The third-order valence-corrected chi connectivity index (χ3v) is 2.53. The van der Waals surface area contributed by atoms with Crippen molar-refractivity contribution in [2.24, 2.45) is 5.73 Å². The Balaban J connectivity index is 2.72. The van der Waals surface area contributed by atoms with Gasteiger partial charge in [-0.25, -0.2) is 0 Å². The predicted molar refractivity (Wildman–Crippen MR) is 64.0 cm³/mol. The summed E-state index contributed by atoms with van der Waals surface area (Å²) in [5, 5.41) is 0. The van der Waals surface area contributed by atoms with Gasteiger partial charge in [-0.15, -0.1) is 0 Å². The van der Waals surface area contributed by atoms with Crippen molar-refractivity contribution in [1.82, 2.24) is 0 Å². The molecule has 0 aliphatic carbocycles. The minimum Gasteiger partial charge on any atom is -0.466 e. The van der Waals surface area contributed by atoms with Crippen molar-refractivity contribution >= 4 is 5.97 Å². The largest absolute Gasteiger partial charge is 0.466 e. The molecule has 0 bridgehead atoms. The van der Waals surface area contributed by atoms with Crippen LogP contribution in [0, 0.1) is 0 Å². The summed E-state index contributed by atoms with van der Waals surface area (Å²) in [7, 11) is 0. The van der Waals surface area contributed by atoms with E-state index in [1.165, 1.54) is 5.56 Å². The maximum Gasteiger partial charge on any atom is 0.307 e. The van der Waals surface area contributed by atoms with Crippen LogP contribution >= 0.6 is 0 Å². The van der Waals surface area contributed by atoms with Crippen molar-refractivity contribution in [3.63, 3.8) is 0 Å². The smallest absolute Gasteiger partial charge is 0.307 e. The van der Waals surface area contributed by atoms with Crippen LogP contribution in [-0.4, -0.2) is 12.6 Å². The van der Waals surface area contributed by atoms with Crippen molar-refractivity contribution in [3.05, 3.63) is 35.4 Å². The van der Waals surface area contributed by atoms with E-state index >= 15 is 0 Å². The Kier molecular flexibility index (Phi) is 4.99. The summed E-state index contributed by atoms with van der Waals surface area (Å²) in [6.07, 6.45) is 1.16. The SMILES string of the molecule is CCOC(=O)CC(N)c1ccccc1CC. The predicted octanol–water partition coefficient (Wildman–Crippen LogP) is 2.20. The lowest BCUT2D eigenvalue weighted by Gasteiger charge is -2.14. The summed E-state index contributed by atoms with van der Waals surface area (Å²) < 4.78 is 4.89. The lowest BCUT2D eigenvalue weighted by Crippen LogP contribution is -2.18. The van der Waals surface area contributed by atoms with Gasteiger partial charge in [0, 0.05) is 6.04 Å². The maximum absolute atomic E-state index is 11.3. The van der Waals surface area contributed by atoms with Crippen LogP contribution in [-0.2, 0) is 16.0 Å². The van der Waals surface area contributed by atoms with Gasteiger partial charge in [-0.2, -0.15) is 0 Å². The second-order valence-electron chi connectivity index (χ2n) is 3.67. The normalized spacial score (nSPS) is 12.2. The zero-order valence-corrected chi connectivity index (χ0v) is 9.90. The highest BCUT2D eigenvalue weighted by Gasteiger charge is 2.14. The number of hydrogen-bond donors (Lipinski definition) is 1. The van der Waals surface area contributed by atoms with Crippen LogP contribution in [0.5, 0.6) is 0 Å². The molecular weight excluding hydrogens is 202 g/mol. The number of esters is 1.